The third kappa shape index (κ3) is 15.1. The molecule has 1 aromatic carbocycles. The first-order valence-electron chi connectivity index (χ1n) is 15.0. The Bertz CT molecular complexity index is 839. The maximum absolute atomic E-state index is 12.5. The van der Waals surface area contributed by atoms with Gasteiger partial charge in [-0.2, -0.15) is 0 Å². The van der Waals surface area contributed by atoms with Gasteiger partial charge >= 0.3 is 7.82 Å². The van der Waals surface area contributed by atoms with Crippen molar-refractivity contribution < 1.29 is 28.0 Å². The highest BCUT2D eigenvalue weighted by molar-refractivity contribution is 7.47. The van der Waals surface area contributed by atoms with Gasteiger partial charge < -0.3 is 24.2 Å². The van der Waals surface area contributed by atoms with Crippen LogP contribution in [0.25, 0.3) is 0 Å². The minimum Gasteiger partial charge on any atom is -0.404 e. The van der Waals surface area contributed by atoms with Gasteiger partial charge in [0.2, 0.25) is 0 Å². The summed E-state index contributed by atoms with van der Waals surface area (Å²) in [4.78, 5) is 12.2. The molecule has 1 heterocycles. The molecule has 0 amide bonds. The molecule has 1 aliphatic rings. The van der Waals surface area contributed by atoms with Gasteiger partial charge in [0.15, 0.2) is 0 Å². The van der Waals surface area contributed by atoms with E-state index in [9.17, 15) is 9.46 Å². The molecule has 0 saturated heterocycles. The van der Waals surface area contributed by atoms with Crippen molar-refractivity contribution >= 4 is 7.82 Å². The van der Waals surface area contributed by atoms with Crippen LogP contribution in [0.15, 0.2) is 36.7 Å². The summed E-state index contributed by atoms with van der Waals surface area (Å²) in [5.74, 6) is 0.267. The van der Waals surface area contributed by atoms with E-state index >= 15 is 0 Å². The van der Waals surface area contributed by atoms with Crippen molar-refractivity contribution in [1.82, 2.24) is 10.2 Å². The van der Waals surface area contributed by atoms with Crippen LogP contribution in [0.5, 0.6) is 5.75 Å². The van der Waals surface area contributed by atoms with Gasteiger partial charge in [0.25, 0.3) is 0 Å². The topological polar surface area (TPSA) is 89.5 Å². The maximum atomic E-state index is 12.5. The molecule has 224 valence electrons. The van der Waals surface area contributed by atoms with Gasteiger partial charge in [0.1, 0.15) is 18.0 Å². The average molecular weight is 569 g/mol. The number of nitrogens with one attached hydrogen (secondary N) is 1. The summed E-state index contributed by atoms with van der Waals surface area (Å²) >= 11 is 0. The summed E-state index contributed by atoms with van der Waals surface area (Å²) in [5.41, 5.74) is 0.909. The molecule has 0 bridgehead atoms. The molecule has 0 saturated carbocycles. The normalized spacial score (nSPS) is 17.2. The van der Waals surface area contributed by atoms with Crippen LogP contribution in [0.2, 0.25) is 0 Å². The first-order chi connectivity index (χ1) is 18.9. The van der Waals surface area contributed by atoms with Crippen LogP contribution in [-0.4, -0.2) is 49.9 Å². The minimum atomic E-state index is -4.31. The summed E-state index contributed by atoms with van der Waals surface area (Å²) in [7, 11) is -0.827. The lowest BCUT2D eigenvalue weighted by atomic mass is 10.0. The fraction of sp³-hybridized carbons (Fsp3) is 0.733. The first kappa shape index (κ1) is 33.6. The van der Waals surface area contributed by atoms with E-state index in [0.29, 0.717) is 13.2 Å². The number of benzene rings is 1. The second kappa shape index (κ2) is 20.3. The Morgan fingerprint density at radius 2 is 1.56 bits per heavy atom. The van der Waals surface area contributed by atoms with Crippen LogP contribution in [0, 0.1) is 0 Å². The number of phosphoric ester groups is 1. The number of methoxy groups -OCH3 is 1. The Morgan fingerprint density at radius 1 is 0.949 bits per heavy atom. The van der Waals surface area contributed by atoms with Gasteiger partial charge in [-0.05, 0) is 24.1 Å². The Kier molecular flexibility index (Phi) is 17.5. The number of nitrogens with zero attached hydrogens (tertiary/aromatic N) is 1. The fourth-order valence-electron chi connectivity index (χ4n) is 4.66. The second-order valence-corrected chi connectivity index (χ2v) is 11.9. The van der Waals surface area contributed by atoms with Crippen molar-refractivity contribution in [3.8, 4) is 5.75 Å². The van der Waals surface area contributed by atoms with Crippen LogP contribution in [0.3, 0.4) is 0 Å². The van der Waals surface area contributed by atoms with Crippen LogP contribution in [0.1, 0.15) is 109 Å². The molecule has 3 unspecified atom stereocenters. The standard InChI is InChI=1S/C30H53N2O6P/c1-4-5-6-7-8-9-10-11-12-13-14-15-16-17-23-36-25-29(35-3)26-37-39(33,34)38-28-20-18-19-27(24-28)30-31-21-22-32(30)2/h18-22,24,29-31H,4-17,23,25-26H2,1-3H3,(H,33,34). The zero-order valence-electron chi connectivity index (χ0n) is 24.5. The van der Waals surface area contributed by atoms with Crippen molar-refractivity contribution in [3.63, 3.8) is 0 Å². The third-order valence-electron chi connectivity index (χ3n) is 7.07. The molecule has 2 N–H and O–H groups in total. The second-order valence-electron chi connectivity index (χ2n) is 10.5. The molecular weight excluding hydrogens is 515 g/mol. The Hall–Kier alpha value is -1.57. The molecule has 9 heteroatoms. The number of hydrogen-bond acceptors (Lipinski definition) is 7. The molecule has 0 spiro atoms. The lowest BCUT2D eigenvalue weighted by Gasteiger charge is -2.22. The highest BCUT2D eigenvalue weighted by Crippen LogP contribution is 2.44. The van der Waals surface area contributed by atoms with Gasteiger partial charge in [0, 0.05) is 33.2 Å². The number of unbranched alkanes of at least 4 members (excludes halogenated alkanes) is 13. The zero-order chi connectivity index (χ0) is 28.2. The highest BCUT2D eigenvalue weighted by Gasteiger charge is 2.26. The van der Waals surface area contributed by atoms with Crippen LogP contribution in [0.4, 0.5) is 0 Å². The summed E-state index contributed by atoms with van der Waals surface area (Å²) < 4.78 is 34.1. The molecule has 0 aliphatic carbocycles. The van der Waals surface area contributed by atoms with E-state index in [1.54, 1.807) is 18.2 Å². The summed E-state index contributed by atoms with van der Waals surface area (Å²) in [6.07, 6.45) is 21.8. The van der Waals surface area contributed by atoms with E-state index in [1.165, 1.54) is 84.2 Å². The number of rotatable bonds is 24. The van der Waals surface area contributed by atoms with Gasteiger partial charge in [-0.3, -0.25) is 9.42 Å². The van der Waals surface area contributed by atoms with Crippen LogP contribution in [-0.2, 0) is 18.6 Å². The summed E-state index contributed by atoms with van der Waals surface area (Å²) in [5, 5.41) is 3.21. The predicted octanol–water partition coefficient (Wildman–Crippen LogP) is 7.70. The van der Waals surface area contributed by atoms with Crippen molar-refractivity contribution in [2.75, 3.05) is 34.0 Å². The lowest BCUT2D eigenvalue weighted by Crippen LogP contribution is -2.24. The van der Waals surface area contributed by atoms with Gasteiger partial charge in [-0.15, -0.1) is 0 Å². The minimum absolute atomic E-state index is 0.0534. The summed E-state index contributed by atoms with van der Waals surface area (Å²) in [6, 6.07) is 7.06. The molecule has 8 nitrogen and oxygen atoms in total. The molecule has 2 rings (SSSR count). The summed E-state index contributed by atoms with van der Waals surface area (Å²) in [6.45, 7) is 3.12. The lowest BCUT2D eigenvalue weighted by molar-refractivity contribution is -0.0197. The number of ether oxygens (including phenoxy) is 2. The van der Waals surface area contributed by atoms with Crippen molar-refractivity contribution in [1.29, 1.82) is 0 Å². The van der Waals surface area contributed by atoms with Crippen molar-refractivity contribution in [3.05, 3.63) is 42.2 Å². The molecule has 0 aromatic heterocycles. The molecule has 3 atom stereocenters. The number of hydrogen-bond donors (Lipinski definition) is 2. The highest BCUT2D eigenvalue weighted by atomic mass is 31.2. The third-order valence-corrected chi connectivity index (χ3v) is 7.99. The van der Waals surface area contributed by atoms with Crippen LogP contribution >= 0.6 is 7.82 Å². The molecule has 1 aromatic rings. The molecule has 0 fully saturated rings. The Balaban J connectivity index is 1.49. The monoisotopic (exact) mass is 568 g/mol. The maximum Gasteiger partial charge on any atom is 0.527 e. The first-order valence-corrected chi connectivity index (χ1v) is 16.5. The van der Waals surface area contributed by atoms with Crippen molar-refractivity contribution in [2.24, 2.45) is 0 Å². The van der Waals surface area contributed by atoms with Gasteiger partial charge in [0.05, 0.1) is 13.2 Å². The Morgan fingerprint density at radius 3 is 2.13 bits per heavy atom. The van der Waals surface area contributed by atoms with E-state index < -0.39 is 13.9 Å². The predicted molar refractivity (Wildman–Crippen MR) is 158 cm³/mol. The molecule has 39 heavy (non-hydrogen) atoms. The largest absolute Gasteiger partial charge is 0.527 e. The Labute approximate surface area is 237 Å². The molecule has 1 aliphatic heterocycles. The van der Waals surface area contributed by atoms with Crippen molar-refractivity contribution in [2.45, 2.75) is 109 Å². The van der Waals surface area contributed by atoms with E-state index in [1.807, 2.05) is 30.4 Å². The fourth-order valence-corrected chi connectivity index (χ4v) is 5.45. The van der Waals surface area contributed by atoms with E-state index in [-0.39, 0.29) is 18.5 Å². The van der Waals surface area contributed by atoms with E-state index in [2.05, 4.69) is 12.2 Å². The van der Waals surface area contributed by atoms with E-state index in [0.717, 1.165) is 18.4 Å². The molecule has 0 radical (unpaired) electrons. The van der Waals surface area contributed by atoms with E-state index in [4.69, 9.17) is 18.5 Å². The average Bonchev–Trinajstić information content (AvgIpc) is 3.35. The number of phosphoric acid groups is 1. The smallest absolute Gasteiger partial charge is 0.404 e. The quantitative estimate of drug-likeness (QED) is 0.0969. The van der Waals surface area contributed by atoms with Gasteiger partial charge in [-0.1, -0.05) is 103 Å². The molecular formula is C30H53N2O6P. The zero-order valence-corrected chi connectivity index (χ0v) is 25.4. The van der Waals surface area contributed by atoms with Gasteiger partial charge in [-0.25, -0.2) is 4.57 Å². The SMILES string of the molecule is CCCCCCCCCCCCCCCCOCC(COP(=O)(O)Oc1cccc(C2NC=CN2C)c1)OC. The van der Waals surface area contributed by atoms with Crippen LogP contribution < -0.4 is 9.84 Å².